The van der Waals surface area contributed by atoms with Crippen molar-refractivity contribution in [2.75, 3.05) is 25.6 Å². The molecule has 7 heteroatoms. The Morgan fingerprint density at radius 1 is 1.13 bits per heavy atom. The molecule has 0 spiro atoms. The van der Waals surface area contributed by atoms with E-state index in [1.807, 2.05) is 24.3 Å². The zero-order valence-electron chi connectivity index (χ0n) is 13.5. The van der Waals surface area contributed by atoms with Crippen molar-refractivity contribution < 1.29 is 22.8 Å². The van der Waals surface area contributed by atoms with Gasteiger partial charge in [-0.15, -0.1) is 0 Å². The van der Waals surface area contributed by atoms with Crippen LogP contribution in [-0.2, 0) is 13.6 Å². The Morgan fingerprint density at radius 2 is 1.83 bits per heavy atom. The van der Waals surface area contributed by atoms with Gasteiger partial charge in [0, 0.05) is 0 Å². The van der Waals surface area contributed by atoms with E-state index in [0.29, 0.717) is 17.2 Å². The molecule has 0 aliphatic carbocycles. The van der Waals surface area contributed by atoms with Crippen molar-refractivity contribution >= 4 is 13.3 Å². The van der Waals surface area contributed by atoms with Crippen molar-refractivity contribution in [1.82, 2.24) is 0 Å². The van der Waals surface area contributed by atoms with Crippen LogP contribution in [0.2, 0.25) is 0 Å². The number of benzene rings is 1. The molecule has 126 valence electrons. The lowest BCUT2D eigenvalue weighted by Gasteiger charge is -2.27. The van der Waals surface area contributed by atoms with E-state index in [4.69, 9.17) is 18.2 Å². The van der Waals surface area contributed by atoms with Crippen LogP contribution in [0.4, 0.5) is 5.69 Å². The first-order chi connectivity index (χ1) is 11.1. The molecule has 1 atom stereocenters. The molecule has 1 unspecified atom stereocenters. The van der Waals surface area contributed by atoms with Gasteiger partial charge in [0.05, 0.1) is 32.3 Å². The number of ether oxygens (including phenoxy) is 1. The fourth-order valence-electron chi connectivity index (χ4n) is 2.21. The molecule has 6 nitrogen and oxygen atoms in total. The summed E-state index contributed by atoms with van der Waals surface area (Å²) in [6, 6.07) is 10.8. The summed E-state index contributed by atoms with van der Waals surface area (Å²) < 4.78 is 34.9. The third kappa shape index (κ3) is 4.16. The van der Waals surface area contributed by atoms with Crippen LogP contribution in [0.25, 0.3) is 0 Å². The molecule has 1 N–H and O–H groups in total. The minimum atomic E-state index is -3.47. The van der Waals surface area contributed by atoms with Crippen LogP contribution in [0.3, 0.4) is 0 Å². The Balaban J connectivity index is 2.40. The number of furan rings is 1. The molecule has 0 radical (unpaired) electrons. The van der Waals surface area contributed by atoms with E-state index in [1.165, 1.54) is 6.26 Å². The fourth-order valence-corrected chi connectivity index (χ4v) is 4.06. The summed E-state index contributed by atoms with van der Waals surface area (Å²) in [4.78, 5) is 0. The Bertz CT molecular complexity index is 634. The molecule has 2 rings (SSSR count). The summed E-state index contributed by atoms with van der Waals surface area (Å²) in [7, 11) is -1.90. The minimum absolute atomic E-state index is 0.266. The van der Waals surface area contributed by atoms with E-state index in [9.17, 15) is 4.57 Å². The molecule has 1 aromatic heterocycles. The molecule has 0 bridgehead atoms. The summed E-state index contributed by atoms with van der Waals surface area (Å²) >= 11 is 0. The van der Waals surface area contributed by atoms with E-state index in [-0.39, 0.29) is 13.2 Å². The van der Waals surface area contributed by atoms with Gasteiger partial charge in [-0.3, -0.25) is 4.57 Å². The van der Waals surface area contributed by atoms with E-state index in [0.717, 1.165) is 0 Å². The molecule has 0 amide bonds. The topological polar surface area (TPSA) is 69.9 Å². The van der Waals surface area contributed by atoms with Gasteiger partial charge in [0.15, 0.2) is 5.78 Å². The molecule has 2 aromatic rings. The summed E-state index contributed by atoms with van der Waals surface area (Å²) in [5.74, 6) is 0.332. The molecule has 0 aliphatic heterocycles. The van der Waals surface area contributed by atoms with Crippen LogP contribution in [0.1, 0.15) is 25.4 Å². The zero-order chi connectivity index (χ0) is 16.7. The van der Waals surface area contributed by atoms with Gasteiger partial charge in [0.1, 0.15) is 11.5 Å². The van der Waals surface area contributed by atoms with Crippen LogP contribution in [0, 0.1) is 0 Å². The smallest absolute Gasteiger partial charge is 0.360 e. The lowest BCUT2D eigenvalue weighted by atomic mass is 10.3. The quantitative estimate of drug-likeness (QED) is 0.670. The Hall–Kier alpha value is -1.75. The Morgan fingerprint density at radius 3 is 2.39 bits per heavy atom. The van der Waals surface area contributed by atoms with Crippen molar-refractivity contribution in [3.63, 3.8) is 0 Å². The first kappa shape index (κ1) is 17.6. The van der Waals surface area contributed by atoms with Gasteiger partial charge in [0.2, 0.25) is 0 Å². The highest BCUT2D eigenvalue weighted by atomic mass is 31.2. The van der Waals surface area contributed by atoms with E-state index in [1.54, 1.807) is 33.1 Å². The van der Waals surface area contributed by atoms with Crippen LogP contribution < -0.4 is 10.1 Å². The summed E-state index contributed by atoms with van der Waals surface area (Å²) in [5, 5.41) is 3.18. The second-order valence-corrected chi connectivity index (χ2v) is 6.75. The maximum Gasteiger partial charge on any atom is 0.360 e. The number of hydrogen-bond acceptors (Lipinski definition) is 6. The summed E-state index contributed by atoms with van der Waals surface area (Å²) in [6.07, 6.45) is 1.52. The number of rotatable bonds is 9. The predicted octanol–water partition coefficient (Wildman–Crippen LogP) is 4.67. The van der Waals surface area contributed by atoms with Crippen LogP contribution in [0.5, 0.6) is 5.75 Å². The standard InChI is InChI=1S/C16H22NO5P/c1-4-21-23(18,22-5-2)16(15-11-8-12-20-15)17-13-9-6-7-10-14(13)19-3/h6-12,16-17H,4-5H2,1-3H3. The fraction of sp³-hybridized carbons (Fsp3) is 0.375. The third-order valence-electron chi connectivity index (χ3n) is 3.15. The molecular weight excluding hydrogens is 317 g/mol. The van der Waals surface area contributed by atoms with Crippen molar-refractivity contribution in [2.24, 2.45) is 0 Å². The zero-order valence-corrected chi connectivity index (χ0v) is 14.4. The average molecular weight is 339 g/mol. The first-order valence-electron chi connectivity index (χ1n) is 7.46. The second kappa shape index (κ2) is 8.20. The minimum Gasteiger partial charge on any atom is -0.495 e. The normalized spacial score (nSPS) is 12.8. The third-order valence-corrected chi connectivity index (χ3v) is 5.40. The number of para-hydroxylation sites is 2. The van der Waals surface area contributed by atoms with E-state index >= 15 is 0 Å². The Labute approximate surface area is 136 Å². The van der Waals surface area contributed by atoms with Crippen molar-refractivity contribution in [2.45, 2.75) is 19.6 Å². The van der Waals surface area contributed by atoms with Crippen LogP contribution >= 0.6 is 7.60 Å². The molecule has 1 aromatic carbocycles. The summed E-state index contributed by atoms with van der Waals surface area (Å²) in [5.41, 5.74) is 0.677. The van der Waals surface area contributed by atoms with Crippen LogP contribution in [-0.4, -0.2) is 20.3 Å². The molecule has 0 fully saturated rings. The molecule has 0 saturated heterocycles. The lowest BCUT2D eigenvalue weighted by Crippen LogP contribution is -2.15. The van der Waals surface area contributed by atoms with Crippen LogP contribution in [0.15, 0.2) is 47.1 Å². The highest BCUT2D eigenvalue weighted by molar-refractivity contribution is 7.54. The maximum absolute atomic E-state index is 13.2. The summed E-state index contributed by atoms with van der Waals surface area (Å²) in [6.45, 7) is 4.08. The maximum atomic E-state index is 13.2. The SMILES string of the molecule is CCOP(=O)(OCC)C(Nc1ccccc1OC)c1ccco1. The lowest BCUT2D eigenvalue weighted by molar-refractivity contribution is 0.211. The molecule has 23 heavy (non-hydrogen) atoms. The van der Waals surface area contributed by atoms with Crippen molar-refractivity contribution in [3.05, 3.63) is 48.4 Å². The first-order valence-corrected chi connectivity index (χ1v) is 9.07. The molecule has 0 aliphatic rings. The van der Waals surface area contributed by atoms with Gasteiger partial charge in [-0.2, -0.15) is 0 Å². The number of methoxy groups -OCH3 is 1. The van der Waals surface area contributed by atoms with Gasteiger partial charge < -0.3 is 23.5 Å². The monoisotopic (exact) mass is 339 g/mol. The van der Waals surface area contributed by atoms with Crippen molar-refractivity contribution in [1.29, 1.82) is 0 Å². The number of hydrogen-bond donors (Lipinski definition) is 1. The Kier molecular flexibility index (Phi) is 6.28. The molecule has 1 heterocycles. The van der Waals surface area contributed by atoms with Crippen molar-refractivity contribution in [3.8, 4) is 5.75 Å². The van der Waals surface area contributed by atoms with E-state index in [2.05, 4.69) is 5.32 Å². The highest BCUT2D eigenvalue weighted by Gasteiger charge is 2.39. The number of nitrogens with one attached hydrogen (secondary N) is 1. The largest absolute Gasteiger partial charge is 0.495 e. The molecular formula is C16H22NO5P. The van der Waals surface area contributed by atoms with E-state index < -0.39 is 13.4 Å². The van der Waals surface area contributed by atoms with Gasteiger partial charge in [-0.05, 0) is 38.1 Å². The number of anilines is 1. The van der Waals surface area contributed by atoms with Gasteiger partial charge in [-0.1, -0.05) is 12.1 Å². The van der Waals surface area contributed by atoms with Gasteiger partial charge >= 0.3 is 7.60 Å². The predicted molar refractivity (Wildman–Crippen MR) is 88.9 cm³/mol. The highest BCUT2D eigenvalue weighted by Crippen LogP contribution is 2.61. The van der Waals surface area contributed by atoms with Gasteiger partial charge in [-0.25, -0.2) is 0 Å². The second-order valence-electron chi connectivity index (χ2n) is 4.64. The van der Waals surface area contributed by atoms with Gasteiger partial charge in [0.25, 0.3) is 0 Å². The average Bonchev–Trinajstić information content (AvgIpc) is 3.07. The molecule has 0 saturated carbocycles.